The molecule has 0 radical (unpaired) electrons. The molecule has 0 bridgehead atoms. The molecule has 1 aromatic carbocycles. The van der Waals surface area contributed by atoms with E-state index in [4.69, 9.17) is 4.74 Å². The number of likely N-dealkylation sites (tertiary alicyclic amines) is 1. The topological polar surface area (TPSA) is 29.5 Å². The van der Waals surface area contributed by atoms with Crippen molar-refractivity contribution in [3.8, 4) is 0 Å². The standard InChI is InChI=1S/C18H23NO2/c20-18(21-17-10-4-5-11-17)16-9-6-12-19(14-16)13-15-7-2-1-3-8-15/h1-3,7-8,10,16H,4-6,9,11-14H2. The molecule has 1 heterocycles. The molecule has 21 heavy (non-hydrogen) atoms. The Morgan fingerprint density at radius 2 is 2.10 bits per heavy atom. The molecule has 1 aliphatic heterocycles. The average molecular weight is 285 g/mol. The number of esters is 1. The van der Waals surface area contributed by atoms with Crippen molar-refractivity contribution in [2.45, 2.75) is 38.6 Å². The summed E-state index contributed by atoms with van der Waals surface area (Å²) >= 11 is 0. The van der Waals surface area contributed by atoms with E-state index in [1.807, 2.05) is 6.07 Å². The maximum Gasteiger partial charge on any atom is 0.315 e. The summed E-state index contributed by atoms with van der Waals surface area (Å²) in [5, 5.41) is 0. The van der Waals surface area contributed by atoms with Gasteiger partial charge in [0.1, 0.15) is 5.76 Å². The van der Waals surface area contributed by atoms with Crippen LogP contribution < -0.4 is 0 Å². The molecule has 3 rings (SSSR count). The van der Waals surface area contributed by atoms with Gasteiger partial charge in [-0.1, -0.05) is 30.3 Å². The van der Waals surface area contributed by atoms with Gasteiger partial charge in [-0.15, -0.1) is 0 Å². The van der Waals surface area contributed by atoms with Crippen LogP contribution in [0.3, 0.4) is 0 Å². The summed E-state index contributed by atoms with van der Waals surface area (Å²) in [5.41, 5.74) is 1.31. The molecule has 1 atom stereocenters. The summed E-state index contributed by atoms with van der Waals surface area (Å²) in [6, 6.07) is 10.5. The molecule has 1 saturated heterocycles. The summed E-state index contributed by atoms with van der Waals surface area (Å²) in [5.74, 6) is 0.894. The van der Waals surface area contributed by atoms with E-state index >= 15 is 0 Å². The Kier molecular flexibility index (Phi) is 4.71. The smallest absolute Gasteiger partial charge is 0.315 e. The lowest BCUT2D eigenvalue weighted by Gasteiger charge is -2.31. The van der Waals surface area contributed by atoms with E-state index in [1.165, 1.54) is 5.56 Å². The number of ether oxygens (including phenoxy) is 1. The largest absolute Gasteiger partial charge is 0.431 e. The zero-order chi connectivity index (χ0) is 14.5. The van der Waals surface area contributed by atoms with Gasteiger partial charge in [0.2, 0.25) is 0 Å². The highest BCUT2D eigenvalue weighted by atomic mass is 16.5. The predicted molar refractivity (Wildman–Crippen MR) is 82.5 cm³/mol. The molecule has 0 amide bonds. The van der Waals surface area contributed by atoms with Crippen molar-refractivity contribution >= 4 is 5.97 Å². The Balaban J connectivity index is 1.54. The Hall–Kier alpha value is -1.61. The van der Waals surface area contributed by atoms with Gasteiger partial charge in [-0.05, 0) is 43.9 Å². The molecule has 0 saturated carbocycles. The third kappa shape index (κ3) is 3.94. The van der Waals surface area contributed by atoms with Crippen LogP contribution >= 0.6 is 0 Å². The number of hydrogen-bond acceptors (Lipinski definition) is 3. The van der Waals surface area contributed by atoms with Crippen LogP contribution in [0.25, 0.3) is 0 Å². The van der Waals surface area contributed by atoms with Crippen LogP contribution in [-0.2, 0) is 16.1 Å². The van der Waals surface area contributed by atoms with E-state index in [1.54, 1.807) is 0 Å². The Bertz CT molecular complexity index is 509. The maximum atomic E-state index is 12.3. The van der Waals surface area contributed by atoms with Crippen molar-refractivity contribution in [3.63, 3.8) is 0 Å². The number of allylic oxidation sites excluding steroid dienone is 2. The second-order valence-corrected chi connectivity index (χ2v) is 6.04. The zero-order valence-electron chi connectivity index (χ0n) is 12.5. The average Bonchev–Trinajstić information content (AvgIpc) is 3.01. The van der Waals surface area contributed by atoms with E-state index < -0.39 is 0 Å². The van der Waals surface area contributed by atoms with Gasteiger partial charge in [-0.3, -0.25) is 9.69 Å². The molecule has 0 N–H and O–H groups in total. The number of rotatable bonds is 4. The van der Waals surface area contributed by atoms with Crippen LogP contribution in [0, 0.1) is 5.92 Å². The molecular formula is C18H23NO2. The van der Waals surface area contributed by atoms with Gasteiger partial charge in [0.15, 0.2) is 0 Å². The van der Waals surface area contributed by atoms with Crippen LogP contribution in [0.15, 0.2) is 42.2 Å². The van der Waals surface area contributed by atoms with Crippen molar-refractivity contribution in [3.05, 3.63) is 47.7 Å². The minimum absolute atomic E-state index is 0.0269. The summed E-state index contributed by atoms with van der Waals surface area (Å²) in [4.78, 5) is 14.6. The molecular weight excluding hydrogens is 262 g/mol. The molecule has 2 aliphatic rings. The molecule has 3 heteroatoms. The third-order valence-electron chi connectivity index (χ3n) is 4.32. The SMILES string of the molecule is O=C(OC1=CCCC1)C1CCCN(Cc2ccccc2)C1. The van der Waals surface area contributed by atoms with E-state index in [-0.39, 0.29) is 11.9 Å². The van der Waals surface area contributed by atoms with Crippen molar-refractivity contribution in [2.75, 3.05) is 13.1 Å². The quantitative estimate of drug-likeness (QED) is 0.793. The predicted octanol–water partition coefficient (Wildman–Crippen LogP) is 3.51. The Labute approximate surface area is 126 Å². The first kappa shape index (κ1) is 14.3. The lowest BCUT2D eigenvalue weighted by molar-refractivity contribution is -0.146. The monoisotopic (exact) mass is 285 g/mol. The molecule has 1 fully saturated rings. The number of benzene rings is 1. The number of carbonyl (C=O) groups is 1. The maximum absolute atomic E-state index is 12.3. The Morgan fingerprint density at radius 1 is 1.24 bits per heavy atom. The number of hydrogen-bond donors (Lipinski definition) is 0. The second-order valence-electron chi connectivity index (χ2n) is 6.04. The van der Waals surface area contributed by atoms with Gasteiger partial charge in [-0.2, -0.15) is 0 Å². The van der Waals surface area contributed by atoms with Crippen molar-refractivity contribution in [1.82, 2.24) is 4.90 Å². The van der Waals surface area contributed by atoms with Crippen LogP contribution in [0.4, 0.5) is 0 Å². The molecule has 0 spiro atoms. The minimum Gasteiger partial charge on any atom is -0.431 e. The van der Waals surface area contributed by atoms with Crippen LogP contribution in [0.1, 0.15) is 37.7 Å². The molecule has 1 aromatic rings. The molecule has 1 unspecified atom stereocenters. The number of carbonyl (C=O) groups excluding carboxylic acids is 1. The summed E-state index contributed by atoms with van der Waals surface area (Å²) < 4.78 is 5.54. The molecule has 0 aromatic heterocycles. The fourth-order valence-electron chi connectivity index (χ4n) is 3.18. The number of nitrogens with zero attached hydrogens (tertiary/aromatic N) is 1. The zero-order valence-corrected chi connectivity index (χ0v) is 12.5. The van der Waals surface area contributed by atoms with Crippen molar-refractivity contribution < 1.29 is 9.53 Å². The van der Waals surface area contributed by atoms with E-state index in [9.17, 15) is 4.79 Å². The van der Waals surface area contributed by atoms with Gasteiger partial charge in [0.05, 0.1) is 5.92 Å². The molecule has 112 valence electrons. The highest BCUT2D eigenvalue weighted by Gasteiger charge is 2.28. The van der Waals surface area contributed by atoms with Gasteiger partial charge in [0, 0.05) is 19.5 Å². The third-order valence-corrected chi connectivity index (χ3v) is 4.32. The summed E-state index contributed by atoms with van der Waals surface area (Å²) in [6.07, 6.45) is 7.18. The van der Waals surface area contributed by atoms with Crippen LogP contribution in [-0.4, -0.2) is 24.0 Å². The van der Waals surface area contributed by atoms with E-state index in [0.29, 0.717) is 0 Å². The normalized spacial score (nSPS) is 22.9. The fourth-order valence-corrected chi connectivity index (χ4v) is 3.18. The van der Waals surface area contributed by atoms with E-state index in [0.717, 1.165) is 57.5 Å². The van der Waals surface area contributed by atoms with Crippen LogP contribution in [0.2, 0.25) is 0 Å². The van der Waals surface area contributed by atoms with Crippen molar-refractivity contribution in [2.24, 2.45) is 5.92 Å². The van der Waals surface area contributed by atoms with E-state index in [2.05, 4.69) is 35.2 Å². The fraction of sp³-hybridized carbons (Fsp3) is 0.500. The van der Waals surface area contributed by atoms with Gasteiger partial charge < -0.3 is 4.74 Å². The van der Waals surface area contributed by atoms with Gasteiger partial charge >= 0.3 is 5.97 Å². The second kappa shape index (κ2) is 6.90. The molecule has 1 aliphatic carbocycles. The lowest BCUT2D eigenvalue weighted by atomic mass is 9.97. The van der Waals surface area contributed by atoms with Gasteiger partial charge in [0.25, 0.3) is 0 Å². The first-order chi connectivity index (χ1) is 10.3. The lowest BCUT2D eigenvalue weighted by Crippen LogP contribution is -2.38. The molecule has 3 nitrogen and oxygen atoms in total. The van der Waals surface area contributed by atoms with Gasteiger partial charge in [-0.25, -0.2) is 0 Å². The first-order valence-corrected chi connectivity index (χ1v) is 7.98. The van der Waals surface area contributed by atoms with Crippen LogP contribution in [0.5, 0.6) is 0 Å². The summed E-state index contributed by atoms with van der Waals surface area (Å²) in [7, 11) is 0. The number of piperidine rings is 1. The highest BCUT2D eigenvalue weighted by molar-refractivity contribution is 5.74. The summed E-state index contributed by atoms with van der Waals surface area (Å²) in [6.45, 7) is 2.82. The first-order valence-electron chi connectivity index (χ1n) is 7.98. The minimum atomic E-state index is -0.0269. The highest BCUT2D eigenvalue weighted by Crippen LogP contribution is 2.24. The van der Waals surface area contributed by atoms with Crippen molar-refractivity contribution in [1.29, 1.82) is 0 Å². The Morgan fingerprint density at radius 3 is 2.86 bits per heavy atom.